The number of nitrogens with one attached hydrogen (secondary N) is 1. The van der Waals surface area contributed by atoms with E-state index in [1.165, 1.54) is 12.1 Å². The van der Waals surface area contributed by atoms with Crippen LogP contribution < -0.4 is 4.72 Å². The van der Waals surface area contributed by atoms with Crippen LogP contribution in [-0.4, -0.2) is 31.6 Å². The second kappa shape index (κ2) is 7.87. The van der Waals surface area contributed by atoms with Crippen LogP contribution in [0.2, 0.25) is 10.0 Å². The van der Waals surface area contributed by atoms with E-state index in [2.05, 4.69) is 4.72 Å². The number of hydrogen-bond donors (Lipinski definition) is 2. The smallest absolute Gasteiger partial charge is 0.242 e. The lowest BCUT2D eigenvalue weighted by atomic mass is 10.2. The summed E-state index contributed by atoms with van der Waals surface area (Å²) in [5.41, 5.74) is 0.289. The number of thioether (sulfide) groups is 1. The molecule has 1 rings (SSSR count). The Bertz CT molecular complexity index is 564. The van der Waals surface area contributed by atoms with Crippen LogP contribution in [0.15, 0.2) is 17.0 Å². The average Bonchev–Trinajstić information content (AvgIpc) is 2.40. The minimum Gasteiger partial charge on any atom is -0.392 e. The largest absolute Gasteiger partial charge is 0.392 e. The first-order valence-corrected chi connectivity index (χ1v) is 9.45. The minimum absolute atomic E-state index is 0.00214. The molecule has 2 N–H and O–H groups in total. The van der Waals surface area contributed by atoms with E-state index in [1.807, 2.05) is 13.2 Å². The standard InChI is InChI=1S/C12H17Cl2NO3S2/c1-8(19-2)3-4-15-20(17,18)11-6-10(13)5-9(7-16)12(11)14/h5-6,8,15-16H,3-4,7H2,1-2H3. The van der Waals surface area contributed by atoms with Crippen molar-refractivity contribution in [1.29, 1.82) is 0 Å². The molecule has 0 aliphatic rings. The molecule has 1 aromatic rings. The summed E-state index contributed by atoms with van der Waals surface area (Å²) in [6, 6.07) is 2.72. The molecule has 0 saturated heterocycles. The molecule has 1 atom stereocenters. The molecule has 0 amide bonds. The van der Waals surface area contributed by atoms with Gasteiger partial charge in [-0.05, 0) is 30.4 Å². The van der Waals surface area contributed by atoms with Gasteiger partial charge in [0.2, 0.25) is 10.0 Å². The molecule has 0 spiro atoms. The van der Waals surface area contributed by atoms with E-state index in [1.54, 1.807) is 11.8 Å². The predicted molar refractivity (Wildman–Crippen MR) is 85.2 cm³/mol. The second-order valence-corrected chi connectivity index (χ2v) is 8.09. The molecule has 114 valence electrons. The van der Waals surface area contributed by atoms with Crippen molar-refractivity contribution < 1.29 is 13.5 Å². The third-order valence-electron chi connectivity index (χ3n) is 2.78. The van der Waals surface area contributed by atoms with Gasteiger partial charge in [0.1, 0.15) is 4.90 Å². The van der Waals surface area contributed by atoms with E-state index >= 15 is 0 Å². The Morgan fingerprint density at radius 2 is 2.05 bits per heavy atom. The van der Waals surface area contributed by atoms with Crippen molar-refractivity contribution in [3.05, 3.63) is 27.7 Å². The predicted octanol–water partition coefficient (Wildman–Crippen LogP) is 2.91. The van der Waals surface area contributed by atoms with E-state index in [4.69, 9.17) is 28.3 Å². The summed E-state index contributed by atoms with van der Waals surface area (Å²) in [5, 5.41) is 9.74. The van der Waals surface area contributed by atoms with Gasteiger partial charge in [-0.3, -0.25) is 0 Å². The van der Waals surface area contributed by atoms with E-state index in [9.17, 15) is 8.42 Å². The Kier molecular flexibility index (Phi) is 7.11. The summed E-state index contributed by atoms with van der Waals surface area (Å²) >= 11 is 13.5. The van der Waals surface area contributed by atoms with Crippen LogP contribution >= 0.6 is 35.0 Å². The van der Waals surface area contributed by atoms with Crippen molar-refractivity contribution in [2.75, 3.05) is 12.8 Å². The third kappa shape index (κ3) is 4.79. The van der Waals surface area contributed by atoms with Crippen molar-refractivity contribution in [1.82, 2.24) is 4.72 Å². The molecule has 0 radical (unpaired) electrons. The normalized spacial score (nSPS) is 13.4. The first-order valence-electron chi connectivity index (χ1n) is 5.93. The van der Waals surface area contributed by atoms with Crippen molar-refractivity contribution in [3.8, 4) is 0 Å². The van der Waals surface area contributed by atoms with Crippen molar-refractivity contribution >= 4 is 45.0 Å². The zero-order valence-electron chi connectivity index (χ0n) is 11.2. The van der Waals surface area contributed by atoms with Gasteiger partial charge in [0.05, 0.1) is 11.6 Å². The molecule has 1 unspecified atom stereocenters. The maximum absolute atomic E-state index is 12.2. The number of sulfonamides is 1. The van der Waals surface area contributed by atoms with E-state index in [0.717, 1.165) is 0 Å². The molecular formula is C12H17Cl2NO3S2. The zero-order valence-corrected chi connectivity index (χ0v) is 14.3. The Labute approximate surface area is 133 Å². The van der Waals surface area contributed by atoms with Gasteiger partial charge in [0, 0.05) is 16.8 Å². The quantitative estimate of drug-likeness (QED) is 0.787. The van der Waals surface area contributed by atoms with Crippen LogP contribution in [0.4, 0.5) is 0 Å². The lowest BCUT2D eigenvalue weighted by molar-refractivity contribution is 0.281. The van der Waals surface area contributed by atoms with E-state index < -0.39 is 10.0 Å². The Hall–Kier alpha value is 0.0200. The second-order valence-electron chi connectivity index (χ2n) is 4.27. The van der Waals surface area contributed by atoms with Gasteiger partial charge >= 0.3 is 0 Å². The molecule has 0 bridgehead atoms. The van der Waals surface area contributed by atoms with Crippen LogP contribution in [0.3, 0.4) is 0 Å². The van der Waals surface area contributed by atoms with E-state index in [0.29, 0.717) is 18.2 Å². The summed E-state index contributed by atoms with van der Waals surface area (Å²) in [6.07, 6.45) is 2.69. The summed E-state index contributed by atoms with van der Waals surface area (Å²) < 4.78 is 26.9. The third-order valence-corrected chi connectivity index (χ3v) is 6.09. The fraction of sp³-hybridized carbons (Fsp3) is 0.500. The van der Waals surface area contributed by atoms with Crippen molar-refractivity contribution in [3.63, 3.8) is 0 Å². The fourth-order valence-electron chi connectivity index (χ4n) is 1.52. The lowest BCUT2D eigenvalue weighted by Gasteiger charge is -2.12. The van der Waals surface area contributed by atoms with Crippen LogP contribution in [0.1, 0.15) is 18.9 Å². The van der Waals surface area contributed by atoms with Gasteiger partial charge in [-0.15, -0.1) is 0 Å². The maximum Gasteiger partial charge on any atom is 0.242 e. The number of rotatable bonds is 7. The first kappa shape index (κ1) is 18.1. The molecule has 0 fully saturated rings. The average molecular weight is 358 g/mol. The summed E-state index contributed by atoms with van der Waals surface area (Å²) in [7, 11) is -3.74. The number of aliphatic hydroxyl groups excluding tert-OH is 1. The highest BCUT2D eigenvalue weighted by atomic mass is 35.5. The number of hydrogen-bond acceptors (Lipinski definition) is 4. The lowest BCUT2D eigenvalue weighted by Crippen LogP contribution is -2.26. The molecule has 0 saturated carbocycles. The molecule has 4 nitrogen and oxygen atoms in total. The molecule has 0 aliphatic carbocycles. The number of aliphatic hydroxyl groups is 1. The number of halogens is 2. The van der Waals surface area contributed by atoms with Crippen molar-refractivity contribution in [2.45, 2.75) is 30.1 Å². The van der Waals surface area contributed by atoms with Gasteiger partial charge in [0.15, 0.2) is 0 Å². The summed E-state index contributed by atoms with van der Waals surface area (Å²) in [5.74, 6) is 0. The van der Waals surface area contributed by atoms with Gasteiger partial charge in [-0.1, -0.05) is 30.1 Å². The molecule has 8 heteroatoms. The van der Waals surface area contributed by atoms with Gasteiger partial charge in [-0.2, -0.15) is 11.8 Å². The SMILES string of the molecule is CSC(C)CCNS(=O)(=O)c1cc(Cl)cc(CO)c1Cl. The molecular weight excluding hydrogens is 341 g/mol. The maximum atomic E-state index is 12.2. The highest BCUT2D eigenvalue weighted by molar-refractivity contribution is 7.99. The molecule has 0 aromatic heterocycles. The molecule has 0 aliphatic heterocycles. The van der Waals surface area contributed by atoms with Crippen LogP contribution in [0, 0.1) is 0 Å². The van der Waals surface area contributed by atoms with Crippen molar-refractivity contribution in [2.24, 2.45) is 0 Å². The van der Waals surface area contributed by atoms with Crippen LogP contribution in [0.25, 0.3) is 0 Å². The zero-order chi connectivity index (χ0) is 15.3. The van der Waals surface area contributed by atoms with Gasteiger partial charge in [0.25, 0.3) is 0 Å². The highest BCUT2D eigenvalue weighted by Gasteiger charge is 2.20. The Morgan fingerprint density at radius 1 is 1.40 bits per heavy atom. The van der Waals surface area contributed by atoms with Gasteiger partial charge in [-0.25, -0.2) is 13.1 Å². The topological polar surface area (TPSA) is 66.4 Å². The molecule has 20 heavy (non-hydrogen) atoms. The molecule has 1 aromatic carbocycles. The summed E-state index contributed by atoms with van der Waals surface area (Å²) in [4.78, 5) is -0.104. The monoisotopic (exact) mass is 357 g/mol. The van der Waals surface area contributed by atoms with E-state index in [-0.39, 0.29) is 27.1 Å². The Morgan fingerprint density at radius 3 is 2.60 bits per heavy atom. The first-order chi connectivity index (χ1) is 9.31. The van der Waals surface area contributed by atoms with Crippen LogP contribution in [-0.2, 0) is 16.6 Å². The Balaban J connectivity index is 2.95. The minimum atomic E-state index is -3.74. The van der Waals surface area contributed by atoms with Gasteiger partial charge < -0.3 is 5.11 Å². The highest BCUT2D eigenvalue weighted by Crippen LogP contribution is 2.29. The van der Waals surface area contributed by atoms with Crippen LogP contribution in [0.5, 0.6) is 0 Å². The fourth-order valence-corrected chi connectivity index (χ4v) is 3.84. The molecule has 0 heterocycles. The summed E-state index contributed by atoms with van der Waals surface area (Å²) in [6.45, 7) is 1.97. The number of benzene rings is 1.